The van der Waals surface area contributed by atoms with E-state index in [1.54, 1.807) is 6.26 Å². The van der Waals surface area contributed by atoms with Crippen LogP contribution in [-0.2, 0) is 6.42 Å². The number of anilines is 1. The molecule has 1 atom stereocenters. The number of hydrogen-bond donors (Lipinski definition) is 1. The van der Waals surface area contributed by atoms with E-state index in [1.807, 2.05) is 26.0 Å². The van der Waals surface area contributed by atoms with Crippen molar-refractivity contribution in [2.75, 3.05) is 5.32 Å². The maximum absolute atomic E-state index is 5.94. The van der Waals surface area contributed by atoms with Gasteiger partial charge in [-0.1, -0.05) is 11.6 Å². The minimum absolute atomic E-state index is 0.290. The van der Waals surface area contributed by atoms with Crippen LogP contribution in [0.15, 0.2) is 22.8 Å². The fourth-order valence-electron chi connectivity index (χ4n) is 1.83. The average molecular weight is 280 g/mol. The van der Waals surface area contributed by atoms with Gasteiger partial charge in [-0.3, -0.25) is 0 Å². The van der Waals surface area contributed by atoms with Crippen LogP contribution in [0.1, 0.15) is 30.2 Å². The van der Waals surface area contributed by atoms with Crippen LogP contribution in [0, 0.1) is 13.8 Å². The summed E-state index contributed by atoms with van der Waals surface area (Å²) in [6, 6.07) is 4.19. The zero-order valence-corrected chi connectivity index (χ0v) is 12.2. The summed E-state index contributed by atoms with van der Waals surface area (Å²) in [5, 5.41) is 11.9. The average Bonchev–Trinajstić information content (AvgIpc) is 2.90. The Morgan fingerprint density at radius 1 is 1.32 bits per heavy atom. The highest BCUT2D eigenvalue weighted by atomic mass is 35.5. The molecule has 0 bridgehead atoms. The largest absolute Gasteiger partial charge is 0.469 e. The molecule has 0 saturated carbocycles. The molecule has 0 aliphatic rings. The molecule has 5 heteroatoms. The minimum atomic E-state index is 0.290. The number of nitrogens with one attached hydrogen (secondary N) is 1. The summed E-state index contributed by atoms with van der Waals surface area (Å²) in [5.41, 5.74) is 2.02. The Balaban J connectivity index is 1.95. The molecule has 1 unspecified atom stereocenters. The molecule has 0 aliphatic heterocycles. The monoisotopic (exact) mass is 279 g/mol. The second-order valence-electron chi connectivity index (χ2n) is 4.75. The van der Waals surface area contributed by atoms with Gasteiger partial charge in [-0.25, -0.2) is 0 Å². The molecule has 2 aromatic rings. The molecule has 1 N–H and O–H groups in total. The van der Waals surface area contributed by atoms with Crippen molar-refractivity contribution in [1.82, 2.24) is 10.2 Å². The number of hydrogen-bond acceptors (Lipinski definition) is 4. The highest BCUT2D eigenvalue weighted by molar-refractivity contribution is 6.30. The SMILES string of the molecule is Cc1c(Cl)nnc(NC(C)CCc2ccco2)c1C. The Kier molecular flexibility index (Phi) is 4.43. The molecule has 0 aliphatic carbocycles. The molecule has 0 fully saturated rings. The first-order valence-electron chi connectivity index (χ1n) is 6.36. The molecule has 2 rings (SSSR count). The van der Waals surface area contributed by atoms with Gasteiger partial charge in [0.1, 0.15) is 5.76 Å². The predicted molar refractivity (Wildman–Crippen MR) is 76.6 cm³/mol. The van der Waals surface area contributed by atoms with E-state index in [0.717, 1.165) is 35.5 Å². The molecule has 0 radical (unpaired) electrons. The maximum Gasteiger partial charge on any atom is 0.155 e. The summed E-state index contributed by atoms with van der Waals surface area (Å²) >= 11 is 5.94. The quantitative estimate of drug-likeness (QED) is 0.905. The first kappa shape index (κ1) is 13.9. The van der Waals surface area contributed by atoms with Crippen molar-refractivity contribution in [3.8, 4) is 0 Å². The zero-order chi connectivity index (χ0) is 13.8. The summed E-state index contributed by atoms with van der Waals surface area (Å²) in [4.78, 5) is 0. The number of halogens is 1. The van der Waals surface area contributed by atoms with Gasteiger partial charge in [0.25, 0.3) is 0 Å². The van der Waals surface area contributed by atoms with Crippen LogP contribution in [0.25, 0.3) is 0 Å². The van der Waals surface area contributed by atoms with Crippen molar-refractivity contribution in [3.63, 3.8) is 0 Å². The van der Waals surface area contributed by atoms with Crippen LogP contribution in [0.4, 0.5) is 5.82 Å². The highest BCUT2D eigenvalue weighted by Crippen LogP contribution is 2.21. The lowest BCUT2D eigenvalue weighted by Gasteiger charge is -2.16. The second kappa shape index (κ2) is 6.06. The lowest BCUT2D eigenvalue weighted by molar-refractivity contribution is 0.494. The van der Waals surface area contributed by atoms with E-state index in [4.69, 9.17) is 16.0 Å². The van der Waals surface area contributed by atoms with Crippen LogP contribution in [0.3, 0.4) is 0 Å². The topological polar surface area (TPSA) is 51.0 Å². The molecule has 0 amide bonds. The van der Waals surface area contributed by atoms with Gasteiger partial charge < -0.3 is 9.73 Å². The van der Waals surface area contributed by atoms with Gasteiger partial charge in [0, 0.05) is 12.5 Å². The van der Waals surface area contributed by atoms with Crippen LogP contribution in [0.2, 0.25) is 5.15 Å². The van der Waals surface area contributed by atoms with Crippen molar-refractivity contribution in [3.05, 3.63) is 40.4 Å². The standard InChI is InChI=1S/C14H18ClN3O/c1-9(6-7-12-5-4-8-19-12)16-14-11(3)10(2)13(15)17-18-14/h4-5,8-9H,6-7H2,1-3H3,(H,16,18). The van der Waals surface area contributed by atoms with E-state index in [-0.39, 0.29) is 0 Å². The molecule has 2 aromatic heterocycles. The first-order chi connectivity index (χ1) is 9.08. The van der Waals surface area contributed by atoms with Gasteiger partial charge in [-0.2, -0.15) is 0 Å². The predicted octanol–water partition coefficient (Wildman–Crippen LogP) is 3.77. The third kappa shape index (κ3) is 3.47. The lowest BCUT2D eigenvalue weighted by atomic mass is 10.1. The Bertz CT molecular complexity index is 540. The molecular weight excluding hydrogens is 262 g/mol. The Labute approximate surface area is 118 Å². The van der Waals surface area contributed by atoms with Gasteiger partial charge in [-0.15, -0.1) is 10.2 Å². The molecule has 0 aromatic carbocycles. The van der Waals surface area contributed by atoms with Gasteiger partial charge >= 0.3 is 0 Å². The normalized spacial score (nSPS) is 12.4. The Morgan fingerprint density at radius 3 is 2.79 bits per heavy atom. The third-order valence-electron chi connectivity index (χ3n) is 3.25. The summed E-state index contributed by atoms with van der Waals surface area (Å²) in [5.74, 6) is 1.80. The minimum Gasteiger partial charge on any atom is -0.469 e. The Hall–Kier alpha value is -1.55. The molecule has 4 nitrogen and oxygen atoms in total. The van der Waals surface area contributed by atoms with Crippen molar-refractivity contribution >= 4 is 17.4 Å². The number of aromatic nitrogens is 2. The van der Waals surface area contributed by atoms with E-state index in [0.29, 0.717) is 11.2 Å². The van der Waals surface area contributed by atoms with Crippen molar-refractivity contribution < 1.29 is 4.42 Å². The van der Waals surface area contributed by atoms with Crippen molar-refractivity contribution in [1.29, 1.82) is 0 Å². The molecule has 102 valence electrons. The van der Waals surface area contributed by atoms with Gasteiger partial charge in [0.2, 0.25) is 0 Å². The Morgan fingerprint density at radius 2 is 2.11 bits per heavy atom. The van der Waals surface area contributed by atoms with Crippen LogP contribution >= 0.6 is 11.6 Å². The van der Waals surface area contributed by atoms with Crippen LogP contribution in [0.5, 0.6) is 0 Å². The smallest absolute Gasteiger partial charge is 0.155 e. The fourth-order valence-corrected chi connectivity index (χ4v) is 2.01. The third-order valence-corrected chi connectivity index (χ3v) is 3.61. The molecule has 2 heterocycles. The summed E-state index contributed by atoms with van der Waals surface area (Å²) < 4.78 is 5.32. The number of furan rings is 1. The lowest BCUT2D eigenvalue weighted by Crippen LogP contribution is -2.18. The number of rotatable bonds is 5. The molecular formula is C14H18ClN3O. The first-order valence-corrected chi connectivity index (χ1v) is 6.74. The zero-order valence-electron chi connectivity index (χ0n) is 11.4. The molecule has 0 saturated heterocycles. The fraction of sp³-hybridized carbons (Fsp3) is 0.429. The maximum atomic E-state index is 5.94. The second-order valence-corrected chi connectivity index (χ2v) is 5.11. The number of nitrogens with zero attached hydrogens (tertiary/aromatic N) is 2. The van der Waals surface area contributed by atoms with E-state index in [1.165, 1.54) is 0 Å². The highest BCUT2D eigenvalue weighted by Gasteiger charge is 2.11. The van der Waals surface area contributed by atoms with Gasteiger partial charge in [0.15, 0.2) is 11.0 Å². The summed E-state index contributed by atoms with van der Waals surface area (Å²) in [6.45, 7) is 6.07. The van der Waals surface area contributed by atoms with Gasteiger partial charge in [-0.05, 0) is 50.5 Å². The molecule has 19 heavy (non-hydrogen) atoms. The van der Waals surface area contributed by atoms with Crippen molar-refractivity contribution in [2.24, 2.45) is 0 Å². The van der Waals surface area contributed by atoms with E-state index < -0.39 is 0 Å². The summed E-state index contributed by atoms with van der Waals surface area (Å²) in [6.07, 6.45) is 3.57. The van der Waals surface area contributed by atoms with Crippen molar-refractivity contribution in [2.45, 2.75) is 39.7 Å². The van der Waals surface area contributed by atoms with E-state index in [2.05, 4.69) is 22.4 Å². The summed E-state index contributed by atoms with van der Waals surface area (Å²) in [7, 11) is 0. The van der Waals surface area contributed by atoms with Gasteiger partial charge in [0.05, 0.1) is 6.26 Å². The van der Waals surface area contributed by atoms with E-state index in [9.17, 15) is 0 Å². The van der Waals surface area contributed by atoms with Crippen LogP contribution < -0.4 is 5.32 Å². The van der Waals surface area contributed by atoms with Crippen LogP contribution in [-0.4, -0.2) is 16.2 Å². The van der Waals surface area contributed by atoms with E-state index >= 15 is 0 Å². The number of aryl methyl sites for hydroxylation is 1. The molecule has 0 spiro atoms.